The summed E-state index contributed by atoms with van der Waals surface area (Å²) >= 11 is 14.1. The minimum Gasteiger partial charge on any atom is -0.223 e. The highest BCUT2D eigenvalue weighted by Crippen LogP contribution is 2.20. The Kier molecular flexibility index (Phi) is 2.33. The fourth-order valence-corrected chi connectivity index (χ4v) is 0.889. The molecule has 0 amide bonds. The predicted octanol–water partition coefficient (Wildman–Crippen LogP) is 2.95. The van der Waals surface area contributed by atoms with E-state index in [0.717, 1.165) is 0 Å². The van der Waals surface area contributed by atoms with Crippen LogP contribution in [0.25, 0.3) is 0 Å². The fraction of sp³-hybridized carbons (Fsp3) is 0. The first-order chi connectivity index (χ1) is 4.20. The van der Waals surface area contributed by atoms with Gasteiger partial charge in [0.05, 0.1) is 4.47 Å². The SMILES string of the molecule is Clc1c[c]c(Br)c(Cl)n1. The quantitative estimate of drug-likeness (QED) is 0.619. The van der Waals surface area contributed by atoms with Crippen LogP contribution in [0.2, 0.25) is 10.3 Å². The molecule has 0 unspecified atom stereocenters. The second kappa shape index (κ2) is 2.86. The molecule has 0 saturated heterocycles. The summed E-state index contributed by atoms with van der Waals surface area (Å²) in [5.74, 6) is 0. The number of hydrogen-bond acceptors (Lipinski definition) is 1. The first-order valence-corrected chi connectivity index (χ1v) is 3.64. The van der Waals surface area contributed by atoms with Crippen molar-refractivity contribution >= 4 is 39.1 Å². The number of nitrogens with zero attached hydrogens (tertiary/aromatic N) is 1. The molecule has 0 aliphatic carbocycles. The molecule has 1 radical (unpaired) electrons. The van der Waals surface area contributed by atoms with Gasteiger partial charge in [-0.15, -0.1) is 0 Å². The fourth-order valence-electron chi connectivity index (χ4n) is 0.358. The Hall–Kier alpha value is 0.210. The van der Waals surface area contributed by atoms with Crippen LogP contribution in [-0.2, 0) is 0 Å². The van der Waals surface area contributed by atoms with Crippen molar-refractivity contribution in [2.24, 2.45) is 0 Å². The molecule has 1 nitrogen and oxygen atoms in total. The standard InChI is InChI=1S/C5HBrCl2N/c6-3-1-2-4(7)9-5(3)8/h2H. The first-order valence-electron chi connectivity index (χ1n) is 2.09. The van der Waals surface area contributed by atoms with Crippen molar-refractivity contribution in [1.82, 2.24) is 4.98 Å². The molecule has 1 aromatic heterocycles. The molecular weight excluding hydrogens is 225 g/mol. The average Bonchev–Trinajstić information content (AvgIpc) is 1.80. The van der Waals surface area contributed by atoms with Gasteiger partial charge < -0.3 is 0 Å². The van der Waals surface area contributed by atoms with Gasteiger partial charge in [0.1, 0.15) is 10.3 Å². The lowest BCUT2D eigenvalue weighted by Gasteiger charge is -1.91. The van der Waals surface area contributed by atoms with Gasteiger partial charge >= 0.3 is 0 Å². The highest BCUT2D eigenvalue weighted by molar-refractivity contribution is 9.10. The first kappa shape index (κ1) is 7.32. The van der Waals surface area contributed by atoms with Gasteiger partial charge in [-0.25, -0.2) is 4.98 Å². The van der Waals surface area contributed by atoms with E-state index in [2.05, 4.69) is 27.0 Å². The van der Waals surface area contributed by atoms with Gasteiger partial charge in [0.2, 0.25) is 0 Å². The van der Waals surface area contributed by atoms with Gasteiger partial charge in [0.15, 0.2) is 0 Å². The second-order valence-electron chi connectivity index (χ2n) is 1.33. The van der Waals surface area contributed by atoms with Crippen LogP contribution in [-0.4, -0.2) is 4.98 Å². The van der Waals surface area contributed by atoms with Crippen molar-refractivity contribution in [3.63, 3.8) is 0 Å². The van der Waals surface area contributed by atoms with Gasteiger partial charge in [-0.1, -0.05) is 23.2 Å². The highest BCUT2D eigenvalue weighted by atomic mass is 79.9. The number of halogens is 3. The largest absolute Gasteiger partial charge is 0.223 e. The summed E-state index contributed by atoms with van der Waals surface area (Å²) in [6.45, 7) is 0. The molecule has 0 spiro atoms. The molecule has 1 rings (SSSR count). The van der Waals surface area contributed by atoms with Crippen LogP contribution in [0.1, 0.15) is 0 Å². The molecule has 1 heterocycles. The third kappa shape index (κ3) is 1.81. The average molecular weight is 226 g/mol. The highest BCUT2D eigenvalue weighted by Gasteiger charge is 1.96. The molecule has 0 saturated carbocycles. The van der Waals surface area contributed by atoms with Gasteiger partial charge in [-0.05, 0) is 22.0 Å². The van der Waals surface area contributed by atoms with Crippen LogP contribution in [0, 0.1) is 6.07 Å². The molecule has 9 heavy (non-hydrogen) atoms. The van der Waals surface area contributed by atoms with Gasteiger partial charge in [-0.2, -0.15) is 0 Å². The summed E-state index contributed by atoms with van der Waals surface area (Å²) < 4.78 is 0.633. The third-order valence-electron chi connectivity index (χ3n) is 0.704. The molecule has 0 aliphatic heterocycles. The van der Waals surface area contributed by atoms with Crippen LogP contribution in [0.5, 0.6) is 0 Å². The van der Waals surface area contributed by atoms with Gasteiger partial charge in [0.25, 0.3) is 0 Å². The summed E-state index contributed by atoms with van der Waals surface area (Å²) in [5, 5.41) is 0.686. The Bertz CT molecular complexity index is 226. The van der Waals surface area contributed by atoms with Gasteiger partial charge in [-0.3, -0.25) is 0 Å². The van der Waals surface area contributed by atoms with E-state index in [0.29, 0.717) is 14.8 Å². The number of hydrogen-bond donors (Lipinski definition) is 0. The summed E-state index contributed by atoms with van der Waals surface area (Å²) in [7, 11) is 0. The Morgan fingerprint density at radius 2 is 2.22 bits per heavy atom. The van der Waals surface area contributed by atoms with E-state index in [1.807, 2.05) is 0 Å². The van der Waals surface area contributed by atoms with E-state index in [1.165, 1.54) is 6.07 Å². The summed E-state index contributed by atoms with van der Waals surface area (Å²) in [4.78, 5) is 3.73. The maximum atomic E-state index is 5.54. The normalized spacial score (nSPS) is 9.67. The van der Waals surface area contributed by atoms with Gasteiger partial charge in [0, 0.05) is 6.07 Å². The number of aromatic nitrogens is 1. The zero-order valence-corrected chi connectivity index (χ0v) is 7.26. The van der Waals surface area contributed by atoms with Crippen molar-refractivity contribution in [2.75, 3.05) is 0 Å². The van der Waals surface area contributed by atoms with E-state index in [4.69, 9.17) is 23.2 Å². The van der Waals surface area contributed by atoms with Crippen molar-refractivity contribution in [3.05, 3.63) is 26.9 Å². The van der Waals surface area contributed by atoms with Crippen LogP contribution in [0.4, 0.5) is 0 Å². The second-order valence-corrected chi connectivity index (χ2v) is 2.87. The third-order valence-corrected chi connectivity index (χ3v) is 2.00. The topological polar surface area (TPSA) is 12.9 Å². The van der Waals surface area contributed by atoms with E-state index in [-0.39, 0.29) is 0 Å². The van der Waals surface area contributed by atoms with Crippen molar-refractivity contribution < 1.29 is 0 Å². The Morgan fingerprint density at radius 1 is 1.56 bits per heavy atom. The molecule has 1 aromatic rings. The molecule has 0 atom stereocenters. The lowest BCUT2D eigenvalue weighted by Crippen LogP contribution is -1.76. The van der Waals surface area contributed by atoms with Crippen molar-refractivity contribution in [2.45, 2.75) is 0 Å². The lowest BCUT2D eigenvalue weighted by molar-refractivity contribution is 1.30. The van der Waals surface area contributed by atoms with Crippen LogP contribution >= 0.6 is 39.1 Å². The summed E-state index contributed by atoms with van der Waals surface area (Å²) in [6.07, 6.45) is 0. The minimum absolute atomic E-state index is 0.336. The molecular formula is C5HBrCl2N. The number of rotatable bonds is 0. The maximum absolute atomic E-state index is 5.54. The smallest absolute Gasteiger partial charge is 0.145 e. The van der Waals surface area contributed by atoms with E-state index in [9.17, 15) is 0 Å². The molecule has 0 bridgehead atoms. The lowest BCUT2D eigenvalue weighted by atomic mass is 10.5. The monoisotopic (exact) mass is 224 g/mol. The van der Waals surface area contributed by atoms with E-state index in [1.54, 1.807) is 0 Å². The Labute approximate surface area is 71.1 Å². The Balaban J connectivity index is 3.17. The van der Waals surface area contributed by atoms with Crippen LogP contribution in [0.15, 0.2) is 10.5 Å². The maximum Gasteiger partial charge on any atom is 0.145 e. The number of pyridine rings is 1. The minimum atomic E-state index is 0.336. The molecule has 0 N–H and O–H groups in total. The molecule has 4 heteroatoms. The predicted molar refractivity (Wildman–Crippen MR) is 40.8 cm³/mol. The van der Waals surface area contributed by atoms with Crippen LogP contribution < -0.4 is 0 Å². The zero-order chi connectivity index (χ0) is 6.85. The molecule has 0 aliphatic rings. The Morgan fingerprint density at radius 3 is 2.67 bits per heavy atom. The summed E-state index contributed by atoms with van der Waals surface area (Å²) in [5.41, 5.74) is 0. The molecule has 0 aromatic carbocycles. The molecule has 0 fully saturated rings. The van der Waals surface area contributed by atoms with Crippen molar-refractivity contribution in [1.29, 1.82) is 0 Å². The zero-order valence-electron chi connectivity index (χ0n) is 4.16. The summed E-state index contributed by atoms with van der Waals surface area (Å²) in [6, 6.07) is 4.30. The molecule has 47 valence electrons. The van der Waals surface area contributed by atoms with Crippen LogP contribution in [0.3, 0.4) is 0 Å². The van der Waals surface area contributed by atoms with Crippen molar-refractivity contribution in [3.8, 4) is 0 Å². The van der Waals surface area contributed by atoms with E-state index < -0.39 is 0 Å². The van der Waals surface area contributed by atoms with E-state index >= 15 is 0 Å².